The molecule has 0 unspecified atom stereocenters. The zero-order chi connectivity index (χ0) is 18.0. The van der Waals surface area contributed by atoms with Crippen LogP contribution in [0.5, 0.6) is 0 Å². The second kappa shape index (κ2) is 5.18. The minimum absolute atomic E-state index is 0.818. The number of benzene rings is 3. The van der Waals surface area contributed by atoms with Gasteiger partial charge in [-0.1, -0.05) is 24.3 Å². The number of hydrogen-bond donors (Lipinski definition) is 0. The van der Waals surface area contributed by atoms with Crippen molar-refractivity contribution in [3.63, 3.8) is 0 Å². The van der Waals surface area contributed by atoms with Gasteiger partial charge >= 0.3 is 0 Å². The standard InChI is InChI=1S/C22H20N2O2/c1-13-7-5-9-15-21(13)25-19-12-20-18(11-17(19)23(15)3)24(4)16-10-6-8-14(2)22(16)26-20/h5-12H,1-4H3. The molecule has 0 atom stereocenters. The maximum Gasteiger partial charge on any atom is 0.155 e. The van der Waals surface area contributed by atoms with Crippen LogP contribution in [0.2, 0.25) is 0 Å². The van der Waals surface area contributed by atoms with Gasteiger partial charge in [-0.25, -0.2) is 0 Å². The third-order valence-electron chi connectivity index (χ3n) is 5.29. The summed E-state index contributed by atoms with van der Waals surface area (Å²) in [5.41, 5.74) is 9.92. The van der Waals surface area contributed by atoms with E-state index in [1.807, 2.05) is 6.07 Å². The molecule has 4 nitrogen and oxygen atoms in total. The van der Waals surface area contributed by atoms with E-state index in [1.165, 1.54) is 0 Å². The van der Waals surface area contributed by atoms with Crippen LogP contribution < -0.4 is 0 Å². The Kier molecular flexibility index (Phi) is 3.02. The molecule has 2 heterocycles. The summed E-state index contributed by atoms with van der Waals surface area (Å²) in [5, 5.41) is 0. The van der Waals surface area contributed by atoms with Gasteiger partial charge in [-0.15, -0.1) is 0 Å². The van der Waals surface area contributed by atoms with E-state index in [2.05, 4.69) is 79.5 Å². The van der Waals surface area contributed by atoms with Gasteiger partial charge in [0.1, 0.15) is 0 Å². The van der Waals surface area contributed by atoms with E-state index >= 15 is 0 Å². The van der Waals surface area contributed by atoms with Crippen molar-refractivity contribution in [2.24, 2.45) is 14.1 Å². The minimum atomic E-state index is 0.818. The predicted molar refractivity (Wildman–Crippen MR) is 106 cm³/mol. The van der Waals surface area contributed by atoms with Crippen LogP contribution in [0.1, 0.15) is 11.1 Å². The summed E-state index contributed by atoms with van der Waals surface area (Å²) in [7, 11) is 4.15. The summed E-state index contributed by atoms with van der Waals surface area (Å²) >= 11 is 0. The quantitative estimate of drug-likeness (QED) is 0.328. The number of aromatic nitrogens is 2. The zero-order valence-electron chi connectivity index (χ0n) is 15.3. The van der Waals surface area contributed by atoms with Crippen LogP contribution in [-0.4, -0.2) is 9.13 Å². The van der Waals surface area contributed by atoms with Crippen molar-refractivity contribution in [2.45, 2.75) is 13.8 Å². The highest BCUT2D eigenvalue weighted by Gasteiger charge is 2.13. The Hall–Kier alpha value is -3.14. The van der Waals surface area contributed by atoms with Crippen LogP contribution in [0.15, 0.2) is 57.4 Å². The minimum Gasteiger partial charge on any atom is -0.453 e. The molecule has 0 amide bonds. The topological polar surface area (TPSA) is 36.1 Å². The number of aryl methyl sites for hydroxylation is 4. The van der Waals surface area contributed by atoms with Crippen LogP contribution in [0.25, 0.3) is 44.4 Å². The maximum absolute atomic E-state index is 6.26. The third kappa shape index (κ3) is 1.96. The zero-order valence-corrected chi connectivity index (χ0v) is 15.3. The number of hydrogen-bond acceptors (Lipinski definition) is 2. The molecule has 5 rings (SSSR count). The lowest BCUT2D eigenvalue weighted by atomic mass is 10.2. The summed E-state index contributed by atoms with van der Waals surface area (Å²) in [4.78, 5) is 0. The fourth-order valence-electron chi connectivity index (χ4n) is 3.77. The Morgan fingerprint density at radius 2 is 1.08 bits per heavy atom. The highest BCUT2D eigenvalue weighted by molar-refractivity contribution is 5.96. The van der Waals surface area contributed by atoms with E-state index < -0.39 is 0 Å². The van der Waals surface area contributed by atoms with E-state index in [-0.39, 0.29) is 0 Å². The van der Waals surface area contributed by atoms with Crippen molar-refractivity contribution in [1.29, 1.82) is 0 Å². The Morgan fingerprint density at radius 1 is 0.615 bits per heavy atom. The fourth-order valence-corrected chi connectivity index (χ4v) is 3.77. The average Bonchev–Trinajstić information content (AvgIpc) is 2.63. The first-order valence-corrected chi connectivity index (χ1v) is 8.75. The normalized spacial score (nSPS) is 11.8. The molecule has 4 heteroatoms. The molecule has 5 aromatic rings. The SMILES string of the molecule is Cc1cccc2c1oc1cc3oc4c(C)cccc4n(C)c3cc1n2C. The first-order valence-electron chi connectivity index (χ1n) is 8.75. The van der Waals surface area contributed by atoms with Crippen LogP contribution in [-0.2, 0) is 14.1 Å². The maximum atomic E-state index is 6.26. The first kappa shape index (κ1) is 15.1. The summed E-state index contributed by atoms with van der Waals surface area (Å²) in [5.74, 6) is 0. The van der Waals surface area contributed by atoms with Gasteiger partial charge in [0, 0.05) is 20.2 Å². The molecular weight excluding hydrogens is 324 g/mol. The Labute approximate surface area is 150 Å². The summed E-state index contributed by atoms with van der Waals surface area (Å²) in [6, 6.07) is 16.6. The summed E-state index contributed by atoms with van der Waals surface area (Å²) in [6.45, 7) is 4.14. The van der Waals surface area contributed by atoms with Crippen molar-refractivity contribution in [2.75, 3.05) is 0 Å². The van der Waals surface area contributed by atoms with Crippen molar-refractivity contribution < 1.29 is 8.83 Å². The second-order valence-corrected chi connectivity index (χ2v) is 6.96. The molecule has 0 fully saturated rings. The molecule has 0 radical (unpaired) electrons. The van der Waals surface area contributed by atoms with Gasteiger partial charge in [-0.3, -0.25) is 0 Å². The Balaban J connectivity index is 2.01. The highest BCUT2D eigenvalue weighted by Crippen LogP contribution is 2.31. The van der Waals surface area contributed by atoms with Crippen molar-refractivity contribution >= 4 is 44.4 Å². The smallest absolute Gasteiger partial charge is 0.155 e. The van der Waals surface area contributed by atoms with Gasteiger partial charge in [-0.2, -0.15) is 0 Å². The molecule has 0 saturated carbocycles. The number of fused-ring (bicyclic) bond motifs is 4. The lowest BCUT2D eigenvalue weighted by Crippen LogP contribution is -2.00. The van der Waals surface area contributed by atoms with Gasteiger partial charge in [0.25, 0.3) is 0 Å². The lowest BCUT2D eigenvalue weighted by Gasteiger charge is -2.15. The van der Waals surface area contributed by atoms with Crippen LogP contribution in [0.3, 0.4) is 0 Å². The molecule has 3 aromatic carbocycles. The van der Waals surface area contributed by atoms with Crippen molar-refractivity contribution in [3.05, 3.63) is 59.7 Å². The molecule has 0 aliphatic heterocycles. The number of rotatable bonds is 0. The molecule has 0 N–H and O–H groups in total. The van der Waals surface area contributed by atoms with E-state index in [4.69, 9.17) is 8.83 Å². The first-order chi connectivity index (χ1) is 12.5. The van der Waals surface area contributed by atoms with E-state index in [9.17, 15) is 0 Å². The number of nitrogens with zero attached hydrogens (tertiary/aromatic N) is 2. The van der Waals surface area contributed by atoms with Gasteiger partial charge in [0.15, 0.2) is 22.3 Å². The van der Waals surface area contributed by atoms with E-state index in [0.717, 1.165) is 55.5 Å². The molecule has 2 aromatic heterocycles. The highest BCUT2D eigenvalue weighted by atomic mass is 16.3. The van der Waals surface area contributed by atoms with Crippen molar-refractivity contribution in [1.82, 2.24) is 9.13 Å². The van der Waals surface area contributed by atoms with Gasteiger partial charge in [0.05, 0.1) is 22.1 Å². The molecule has 0 aliphatic carbocycles. The average molecular weight is 344 g/mol. The fraction of sp³-hybridized carbons (Fsp3) is 0.182. The Bertz CT molecular complexity index is 1270. The van der Waals surface area contributed by atoms with Gasteiger partial charge < -0.3 is 18.0 Å². The summed E-state index contributed by atoms with van der Waals surface area (Å²) < 4.78 is 16.9. The Morgan fingerprint density at radius 3 is 1.54 bits per heavy atom. The molecule has 0 spiro atoms. The van der Waals surface area contributed by atoms with Crippen LogP contribution >= 0.6 is 0 Å². The molecule has 0 aliphatic rings. The van der Waals surface area contributed by atoms with E-state index in [0.29, 0.717) is 0 Å². The van der Waals surface area contributed by atoms with Gasteiger partial charge in [0.2, 0.25) is 0 Å². The lowest BCUT2D eigenvalue weighted by molar-refractivity contribution is 0.632. The molecule has 0 bridgehead atoms. The van der Waals surface area contributed by atoms with E-state index in [1.54, 1.807) is 0 Å². The van der Waals surface area contributed by atoms with Crippen LogP contribution in [0, 0.1) is 13.8 Å². The predicted octanol–water partition coefficient (Wildman–Crippen LogP) is 5.90. The van der Waals surface area contributed by atoms with Crippen molar-refractivity contribution in [3.8, 4) is 0 Å². The van der Waals surface area contributed by atoms with Gasteiger partial charge in [-0.05, 0) is 43.2 Å². The third-order valence-corrected chi connectivity index (χ3v) is 5.29. The monoisotopic (exact) mass is 344 g/mol. The number of para-hydroxylation sites is 2. The summed E-state index contributed by atoms with van der Waals surface area (Å²) in [6.07, 6.45) is 0. The molecule has 26 heavy (non-hydrogen) atoms. The largest absolute Gasteiger partial charge is 0.453 e. The second-order valence-electron chi connectivity index (χ2n) is 6.96. The molecule has 0 saturated heterocycles. The molecular formula is C22H20N2O2. The van der Waals surface area contributed by atoms with Crippen LogP contribution in [0.4, 0.5) is 0 Å². The molecule has 130 valence electrons.